The van der Waals surface area contributed by atoms with E-state index in [0.29, 0.717) is 11.2 Å². The molecule has 0 radical (unpaired) electrons. The summed E-state index contributed by atoms with van der Waals surface area (Å²) in [6, 6.07) is 14.0. The number of carbonyl (C=O) groups excluding carboxylic acids is 1. The number of carbonyl (C=O) groups is 1. The van der Waals surface area contributed by atoms with Crippen LogP contribution in [0.2, 0.25) is 0 Å². The first-order valence-electron chi connectivity index (χ1n) is 9.56. The first-order valence-corrected chi connectivity index (χ1v) is 10.4. The molecule has 0 aliphatic rings. The summed E-state index contributed by atoms with van der Waals surface area (Å²) in [5.41, 5.74) is 0.845. The van der Waals surface area contributed by atoms with Gasteiger partial charge in [-0.1, -0.05) is 30.3 Å². The van der Waals surface area contributed by atoms with Gasteiger partial charge in [-0.05, 0) is 23.8 Å². The second-order valence-electron chi connectivity index (χ2n) is 6.88. The van der Waals surface area contributed by atoms with E-state index in [4.69, 9.17) is 4.74 Å². The van der Waals surface area contributed by atoms with Gasteiger partial charge in [0.15, 0.2) is 11.2 Å². The molecule has 0 bridgehead atoms. The Kier molecular flexibility index (Phi) is 5.68. The Hall–Kier alpha value is -3.72. The molecule has 0 saturated carbocycles. The van der Waals surface area contributed by atoms with E-state index >= 15 is 0 Å². The standard InChI is InChI=1S/C22H20N4O4S/c1-24-20-19(21(28)25(2)22(24)29)26(14-23-20)12-13-30-18(27)11-9-16-8-10-17(31-16)15-6-4-3-5-7-15/h3-11,14H,12-13H2,1-2H3/b11-9+. The Morgan fingerprint density at radius 2 is 1.87 bits per heavy atom. The van der Waals surface area contributed by atoms with Crippen LogP contribution in [0, 0.1) is 0 Å². The van der Waals surface area contributed by atoms with Crippen LogP contribution in [-0.2, 0) is 30.2 Å². The van der Waals surface area contributed by atoms with Gasteiger partial charge in [-0.15, -0.1) is 11.3 Å². The molecule has 4 aromatic rings. The molecule has 1 aromatic carbocycles. The van der Waals surface area contributed by atoms with Crippen molar-refractivity contribution in [2.75, 3.05) is 6.61 Å². The van der Waals surface area contributed by atoms with Crippen LogP contribution >= 0.6 is 11.3 Å². The molecule has 0 N–H and O–H groups in total. The molecule has 0 aliphatic heterocycles. The number of hydrogen-bond acceptors (Lipinski definition) is 6. The quantitative estimate of drug-likeness (QED) is 0.342. The van der Waals surface area contributed by atoms with Crippen LogP contribution in [0.25, 0.3) is 27.7 Å². The molecule has 0 amide bonds. The first kappa shape index (κ1) is 20.5. The van der Waals surface area contributed by atoms with Gasteiger partial charge in [0.1, 0.15) is 6.61 Å². The van der Waals surface area contributed by atoms with Gasteiger partial charge in [0, 0.05) is 29.9 Å². The van der Waals surface area contributed by atoms with E-state index < -0.39 is 17.2 Å². The Morgan fingerprint density at radius 3 is 2.65 bits per heavy atom. The highest BCUT2D eigenvalue weighted by Crippen LogP contribution is 2.28. The molecule has 4 rings (SSSR count). The zero-order valence-corrected chi connectivity index (χ0v) is 17.8. The molecule has 0 fully saturated rings. The maximum Gasteiger partial charge on any atom is 0.332 e. The Morgan fingerprint density at radius 1 is 1.10 bits per heavy atom. The minimum atomic E-state index is -0.473. The number of thiophene rings is 1. The van der Waals surface area contributed by atoms with Crippen molar-refractivity contribution in [3.63, 3.8) is 0 Å². The molecule has 0 unspecified atom stereocenters. The van der Waals surface area contributed by atoms with Crippen molar-refractivity contribution >= 4 is 34.5 Å². The fourth-order valence-corrected chi connectivity index (χ4v) is 4.13. The van der Waals surface area contributed by atoms with E-state index in [-0.39, 0.29) is 13.2 Å². The summed E-state index contributed by atoms with van der Waals surface area (Å²) in [5.74, 6) is -0.473. The lowest BCUT2D eigenvalue weighted by molar-refractivity contribution is -0.137. The number of ether oxygens (including phenoxy) is 1. The maximum atomic E-state index is 12.4. The predicted octanol–water partition coefficient (Wildman–Crippen LogP) is 2.42. The van der Waals surface area contributed by atoms with E-state index in [2.05, 4.69) is 4.98 Å². The van der Waals surface area contributed by atoms with Gasteiger partial charge in [0.25, 0.3) is 5.56 Å². The number of benzene rings is 1. The highest BCUT2D eigenvalue weighted by atomic mass is 32.1. The molecular formula is C22H20N4O4S. The monoisotopic (exact) mass is 436 g/mol. The number of rotatable bonds is 6. The van der Waals surface area contributed by atoms with E-state index in [1.165, 1.54) is 24.0 Å². The number of nitrogens with zero attached hydrogens (tertiary/aromatic N) is 4. The van der Waals surface area contributed by atoms with Crippen molar-refractivity contribution in [1.82, 2.24) is 18.7 Å². The summed E-state index contributed by atoms with van der Waals surface area (Å²) in [5, 5.41) is 0. The third kappa shape index (κ3) is 4.13. The van der Waals surface area contributed by atoms with Crippen LogP contribution in [0.5, 0.6) is 0 Å². The van der Waals surface area contributed by atoms with Crippen LogP contribution in [-0.4, -0.2) is 31.3 Å². The van der Waals surface area contributed by atoms with Crippen molar-refractivity contribution in [2.24, 2.45) is 14.1 Å². The van der Waals surface area contributed by atoms with E-state index in [9.17, 15) is 14.4 Å². The SMILES string of the molecule is Cn1c(=O)c2c(ncn2CCOC(=O)/C=C/c2ccc(-c3ccccc3)s2)n(C)c1=O. The fourth-order valence-electron chi connectivity index (χ4n) is 3.21. The lowest BCUT2D eigenvalue weighted by Crippen LogP contribution is -2.37. The summed E-state index contributed by atoms with van der Waals surface area (Å²) < 4.78 is 9.18. The molecule has 31 heavy (non-hydrogen) atoms. The summed E-state index contributed by atoms with van der Waals surface area (Å²) in [6.45, 7) is 0.320. The van der Waals surface area contributed by atoms with E-state index in [1.807, 2.05) is 42.5 Å². The number of imidazole rings is 1. The normalized spacial score (nSPS) is 11.4. The molecule has 8 nitrogen and oxygen atoms in total. The van der Waals surface area contributed by atoms with Gasteiger partial charge < -0.3 is 9.30 Å². The Labute approximate surface area is 181 Å². The van der Waals surface area contributed by atoms with Gasteiger partial charge in [-0.2, -0.15) is 0 Å². The molecule has 9 heteroatoms. The zero-order valence-electron chi connectivity index (χ0n) is 17.0. The molecule has 0 spiro atoms. The predicted molar refractivity (Wildman–Crippen MR) is 120 cm³/mol. The highest BCUT2D eigenvalue weighted by molar-refractivity contribution is 7.16. The zero-order chi connectivity index (χ0) is 22.0. The third-order valence-corrected chi connectivity index (χ3v) is 5.96. The molecular weight excluding hydrogens is 416 g/mol. The van der Waals surface area contributed by atoms with Crippen molar-refractivity contribution < 1.29 is 9.53 Å². The fraction of sp³-hybridized carbons (Fsp3) is 0.182. The van der Waals surface area contributed by atoms with Gasteiger partial charge >= 0.3 is 11.7 Å². The van der Waals surface area contributed by atoms with Gasteiger partial charge in [-0.25, -0.2) is 14.6 Å². The maximum absolute atomic E-state index is 12.4. The lowest BCUT2D eigenvalue weighted by Gasteiger charge is -2.06. The summed E-state index contributed by atoms with van der Waals surface area (Å²) in [7, 11) is 2.97. The van der Waals surface area contributed by atoms with E-state index in [0.717, 1.165) is 19.9 Å². The smallest absolute Gasteiger partial charge is 0.332 e. The van der Waals surface area contributed by atoms with E-state index in [1.54, 1.807) is 29.0 Å². The number of aromatic nitrogens is 4. The molecule has 0 aliphatic carbocycles. The van der Waals surface area contributed by atoms with Gasteiger partial charge in [0.2, 0.25) is 0 Å². The van der Waals surface area contributed by atoms with Gasteiger partial charge in [-0.3, -0.25) is 13.9 Å². The molecule has 158 valence electrons. The van der Waals surface area contributed by atoms with Crippen molar-refractivity contribution in [3.05, 3.63) is 80.6 Å². The summed E-state index contributed by atoms with van der Waals surface area (Å²) in [4.78, 5) is 42.7. The minimum Gasteiger partial charge on any atom is -0.461 e. The Balaban J connectivity index is 1.39. The highest BCUT2D eigenvalue weighted by Gasteiger charge is 2.14. The van der Waals surface area contributed by atoms with Crippen molar-refractivity contribution in [3.8, 4) is 10.4 Å². The summed E-state index contributed by atoms with van der Waals surface area (Å²) >= 11 is 1.58. The first-order chi connectivity index (χ1) is 15.0. The summed E-state index contributed by atoms with van der Waals surface area (Å²) in [6.07, 6.45) is 4.57. The topological polar surface area (TPSA) is 88.1 Å². The molecule has 0 saturated heterocycles. The van der Waals surface area contributed by atoms with Crippen LogP contribution < -0.4 is 11.2 Å². The van der Waals surface area contributed by atoms with Gasteiger partial charge in [0.05, 0.1) is 12.9 Å². The average Bonchev–Trinajstić information content (AvgIpc) is 3.43. The number of fused-ring (bicyclic) bond motifs is 1. The molecule has 3 aromatic heterocycles. The minimum absolute atomic E-state index is 0.0698. The third-order valence-electron chi connectivity index (χ3n) is 4.86. The Bertz CT molecular complexity index is 1390. The number of esters is 1. The second kappa shape index (κ2) is 8.57. The van der Waals surface area contributed by atoms with Crippen LogP contribution in [0.1, 0.15) is 4.88 Å². The van der Waals surface area contributed by atoms with Crippen molar-refractivity contribution in [2.45, 2.75) is 6.54 Å². The van der Waals surface area contributed by atoms with Crippen LogP contribution in [0.3, 0.4) is 0 Å². The van der Waals surface area contributed by atoms with Crippen molar-refractivity contribution in [1.29, 1.82) is 0 Å². The largest absolute Gasteiger partial charge is 0.461 e. The van der Waals surface area contributed by atoms with Crippen LogP contribution in [0.4, 0.5) is 0 Å². The molecule has 3 heterocycles. The lowest BCUT2D eigenvalue weighted by atomic mass is 10.2. The number of aryl methyl sites for hydroxylation is 1. The average molecular weight is 436 g/mol. The number of hydrogen-bond donors (Lipinski definition) is 0. The van der Waals surface area contributed by atoms with Crippen LogP contribution in [0.15, 0.2) is 64.5 Å². The molecule has 0 atom stereocenters. The second-order valence-corrected chi connectivity index (χ2v) is 8.00.